The summed E-state index contributed by atoms with van der Waals surface area (Å²) in [4.78, 5) is 0. The predicted molar refractivity (Wildman–Crippen MR) is 54.5 cm³/mol. The number of unbranched alkanes of at least 4 members (excludes halogenated alkanes) is 3. The van der Waals surface area contributed by atoms with E-state index >= 15 is 0 Å². The lowest BCUT2D eigenvalue weighted by molar-refractivity contribution is 0.0566. The number of ether oxygens (including phenoxy) is 1. The number of hydrogen-bond donors (Lipinski definition) is 0. The quantitative estimate of drug-likeness (QED) is 0.506. The van der Waals surface area contributed by atoms with Crippen molar-refractivity contribution in [1.82, 2.24) is 0 Å². The molecule has 0 fully saturated rings. The lowest BCUT2D eigenvalue weighted by Gasteiger charge is -2.11. The largest absolute Gasteiger partial charge is 0.379 e. The molecule has 0 aliphatic rings. The highest BCUT2D eigenvalue weighted by Gasteiger charge is 1.99. The molecule has 0 N–H and O–H groups in total. The van der Waals surface area contributed by atoms with Crippen LogP contribution in [0.25, 0.3) is 0 Å². The standard InChI is InChI=1S/C11H24O/c1-4-6-8-9-11(3)12-10-7-5-2/h11H,4-10H2,1-3H3. The summed E-state index contributed by atoms with van der Waals surface area (Å²) in [7, 11) is 0. The van der Waals surface area contributed by atoms with Crippen molar-refractivity contribution in [3.8, 4) is 0 Å². The van der Waals surface area contributed by atoms with Gasteiger partial charge in [-0.05, 0) is 19.8 Å². The highest BCUT2D eigenvalue weighted by Crippen LogP contribution is 2.06. The molecule has 0 amide bonds. The van der Waals surface area contributed by atoms with E-state index in [9.17, 15) is 0 Å². The summed E-state index contributed by atoms with van der Waals surface area (Å²) in [6.07, 6.45) is 8.13. The lowest BCUT2D eigenvalue weighted by atomic mass is 10.1. The second-order valence-corrected chi connectivity index (χ2v) is 3.53. The summed E-state index contributed by atoms with van der Waals surface area (Å²) in [5, 5.41) is 0. The molecule has 0 aliphatic heterocycles. The Hall–Kier alpha value is -0.0400. The molecule has 0 aromatic carbocycles. The fraction of sp³-hybridized carbons (Fsp3) is 1.00. The molecule has 0 aliphatic carbocycles. The van der Waals surface area contributed by atoms with Crippen molar-refractivity contribution in [2.75, 3.05) is 6.61 Å². The van der Waals surface area contributed by atoms with Gasteiger partial charge in [0.05, 0.1) is 6.10 Å². The maximum Gasteiger partial charge on any atom is 0.0547 e. The topological polar surface area (TPSA) is 9.23 Å². The SMILES string of the molecule is CCCCCC(C)OCCCC. The van der Waals surface area contributed by atoms with Gasteiger partial charge in [-0.3, -0.25) is 0 Å². The van der Waals surface area contributed by atoms with Gasteiger partial charge in [0.2, 0.25) is 0 Å². The normalized spacial score (nSPS) is 13.2. The highest BCUT2D eigenvalue weighted by molar-refractivity contribution is 4.50. The molecule has 0 radical (unpaired) electrons. The molecule has 0 aromatic heterocycles. The van der Waals surface area contributed by atoms with Gasteiger partial charge in [-0.1, -0.05) is 39.5 Å². The first-order valence-corrected chi connectivity index (χ1v) is 5.42. The molecule has 0 rings (SSSR count). The van der Waals surface area contributed by atoms with Crippen LogP contribution in [0.3, 0.4) is 0 Å². The van der Waals surface area contributed by atoms with Crippen molar-refractivity contribution in [3.63, 3.8) is 0 Å². The van der Waals surface area contributed by atoms with Crippen LogP contribution in [0.5, 0.6) is 0 Å². The first-order valence-electron chi connectivity index (χ1n) is 5.42. The van der Waals surface area contributed by atoms with Gasteiger partial charge < -0.3 is 4.74 Å². The van der Waals surface area contributed by atoms with Crippen molar-refractivity contribution in [3.05, 3.63) is 0 Å². The van der Waals surface area contributed by atoms with Gasteiger partial charge >= 0.3 is 0 Å². The van der Waals surface area contributed by atoms with E-state index in [0.717, 1.165) is 6.61 Å². The van der Waals surface area contributed by atoms with Crippen LogP contribution in [0.2, 0.25) is 0 Å². The van der Waals surface area contributed by atoms with Gasteiger partial charge in [-0.2, -0.15) is 0 Å². The van der Waals surface area contributed by atoms with E-state index in [-0.39, 0.29) is 0 Å². The Balaban J connectivity index is 3.04. The summed E-state index contributed by atoms with van der Waals surface area (Å²) in [6, 6.07) is 0. The molecule has 1 nitrogen and oxygen atoms in total. The summed E-state index contributed by atoms with van der Waals surface area (Å²) in [5.41, 5.74) is 0. The van der Waals surface area contributed by atoms with Gasteiger partial charge in [0, 0.05) is 6.61 Å². The maximum absolute atomic E-state index is 5.63. The zero-order valence-corrected chi connectivity index (χ0v) is 8.94. The van der Waals surface area contributed by atoms with Crippen LogP contribution in [-0.2, 0) is 4.74 Å². The minimum atomic E-state index is 0.475. The van der Waals surface area contributed by atoms with Crippen LogP contribution in [0, 0.1) is 0 Å². The van der Waals surface area contributed by atoms with E-state index < -0.39 is 0 Å². The fourth-order valence-electron chi connectivity index (χ4n) is 1.19. The summed E-state index contributed by atoms with van der Waals surface area (Å²) < 4.78 is 5.63. The Kier molecular flexibility index (Phi) is 9.02. The molecule has 1 unspecified atom stereocenters. The van der Waals surface area contributed by atoms with E-state index in [1.165, 1.54) is 38.5 Å². The lowest BCUT2D eigenvalue weighted by Crippen LogP contribution is -2.08. The summed E-state index contributed by atoms with van der Waals surface area (Å²) in [6.45, 7) is 7.57. The highest BCUT2D eigenvalue weighted by atomic mass is 16.5. The molecular formula is C11H24O. The van der Waals surface area contributed by atoms with Crippen LogP contribution in [-0.4, -0.2) is 12.7 Å². The Morgan fingerprint density at radius 2 is 1.67 bits per heavy atom. The third-order valence-corrected chi connectivity index (χ3v) is 2.11. The predicted octanol–water partition coefficient (Wildman–Crippen LogP) is 3.77. The first-order chi connectivity index (χ1) is 5.81. The Morgan fingerprint density at radius 3 is 2.25 bits per heavy atom. The zero-order valence-electron chi connectivity index (χ0n) is 8.94. The average Bonchev–Trinajstić information content (AvgIpc) is 2.06. The molecule has 0 heterocycles. The molecule has 0 saturated carbocycles. The molecule has 1 heteroatoms. The van der Waals surface area contributed by atoms with Gasteiger partial charge in [0.1, 0.15) is 0 Å². The van der Waals surface area contributed by atoms with Crippen molar-refractivity contribution in [2.45, 2.75) is 65.4 Å². The molecule has 1 atom stereocenters. The van der Waals surface area contributed by atoms with Gasteiger partial charge in [-0.15, -0.1) is 0 Å². The van der Waals surface area contributed by atoms with Crippen LogP contribution in [0.4, 0.5) is 0 Å². The smallest absolute Gasteiger partial charge is 0.0547 e. The molecule has 0 bridgehead atoms. The molecule has 0 saturated heterocycles. The molecule has 74 valence electrons. The van der Waals surface area contributed by atoms with Crippen molar-refractivity contribution < 1.29 is 4.74 Å². The first kappa shape index (κ1) is 12.0. The summed E-state index contributed by atoms with van der Waals surface area (Å²) in [5.74, 6) is 0. The second kappa shape index (κ2) is 9.05. The molecule has 0 aromatic rings. The zero-order chi connectivity index (χ0) is 9.23. The maximum atomic E-state index is 5.63. The van der Waals surface area contributed by atoms with Gasteiger partial charge in [-0.25, -0.2) is 0 Å². The Labute approximate surface area is 77.5 Å². The Morgan fingerprint density at radius 1 is 1.00 bits per heavy atom. The van der Waals surface area contributed by atoms with Crippen molar-refractivity contribution in [1.29, 1.82) is 0 Å². The number of rotatable bonds is 8. The van der Waals surface area contributed by atoms with Crippen LogP contribution >= 0.6 is 0 Å². The molecule has 12 heavy (non-hydrogen) atoms. The van der Waals surface area contributed by atoms with E-state index in [4.69, 9.17) is 4.74 Å². The molecule has 0 spiro atoms. The minimum Gasteiger partial charge on any atom is -0.379 e. The van der Waals surface area contributed by atoms with Crippen LogP contribution in [0.1, 0.15) is 59.3 Å². The van der Waals surface area contributed by atoms with Crippen molar-refractivity contribution in [2.24, 2.45) is 0 Å². The van der Waals surface area contributed by atoms with Gasteiger partial charge in [0.25, 0.3) is 0 Å². The number of hydrogen-bond acceptors (Lipinski definition) is 1. The van der Waals surface area contributed by atoms with Gasteiger partial charge in [0.15, 0.2) is 0 Å². The third-order valence-electron chi connectivity index (χ3n) is 2.11. The average molecular weight is 172 g/mol. The monoisotopic (exact) mass is 172 g/mol. The summed E-state index contributed by atoms with van der Waals surface area (Å²) >= 11 is 0. The van der Waals surface area contributed by atoms with E-state index in [0.29, 0.717) is 6.10 Å². The van der Waals surface area contributed by atoms with Crippen LogP contribution in [0.15, 0.2) is 0 Å². The van der Waals surface area contributed by atoms with E-state index in [1.807, 2.05) is 0 Å². The van der Waals surface area contributed by atoms with E-state index in [1.54, 1.807) is 0 Å². The van der Waals surface area contributed by atoms with Crippen LogP contribution < -0.4 is 0 Å². The second-order valence-electron chi connectivity index (χ2n) is 3.53. The minimum absolute atomic E-state index is 0.475. The fourth-order valence-corrected chi connectivity index (χ4v) is 1.19. The molecular weight excluding hydrogens is 148 g/mol. The Bertz CT molecular complexity index is 71.1. The van der Waals surface area contributed by atoms with Crippen molar-refractivity contribution >= 4 is 0 Å². The third kappa shape index (κ3) is 8.06. The van der Waals surface area contributed by atoms with E-state index in [2.05, 4.69) is 20.8 Å².